The van der Waals surface area contributed by atoms with Crippen molar-refractivity contribution in [1.29, 1.82) is 0 Å². The Labute approximate surface area is 170 Å². The molecule has 1 aliphatic carbocycles. The number of aliphatic hydroxyl groups excluding tert-OH is 1. The van der Waals surface area contributed by atoms with Gasteiger partial charge in [0.1, 0.15) is 12.7 Å². The zero-order valence-electron chi connectivity index (χ0n) is 17.9. The maximum atomic E-state index is 10.2. The Balaban J connectivity index is 1.78. The molecule has 2 rings (SSSR count). The van der Waals surface area contributed by atoms with Gasteiger partial charge in [0, 0.05) is 13.1 Å². The summed E-state index contributed by atoms with van der Waals surface area (Å²) in [4.78, 5) is 2.18. The Morgan fingerprint density at radius 1 is 1.18 bits per heavy atom. The van der Waals surface area contributed by atoms with Crippen LogP contribution in [0.1, 0.15) is 51.5 Å². The second-order valence-electron chi connectivity index (χ2n) is 7.47. The minimum Gasteiger partial charge on any atom is -0.493 e. The summed E-state index contributed by atoms with van der Waals surface area (Å²) in [7, 11) is 1.65. The summed E-state index contributed by atoms with van der Waals surface area (Å²) >= 11 is 0. The van der Waals surface area contributed by atoms with Crippen molar-refractivity contribution < 1.29 is 14.6 Å². The Hall–Kier alpha value is -1.56. The summed E-state index contributed by atoms with van der Waals surface area (Å²) in [5, 5.41) is 13.7. The van der Waals surface area contributed by atoms with Crippen molar-refractivity contribution in [3.8, 4) is 11.5 Å². The van der Waals surface area contributed by atoms with E-state index in [0.717, 1.165) is 32.6 Å². The molecule has 0 heterocycles. The quantitative estimate of drug-likeness (QED) is 0.397. The predicted molar refractivity (Wildman–Crippen MR) is 115 cm³/mol. The fourth-order valence-electron chi connectivity index (χ4n) is 3.57. The summed E-state index contributed by atoms with van der Waals surface area (Å²) in [6, 6.07) is 6.00. The van der Waals surface area contributed by atoms with Gasteiger partial charge in [-0.25, -0.2) is 0 Å². The lowest BCUT2D eigenvalue weighted by atomic mass is 9.97. The van der Waals surface area contributed by atoms with Crippen LogP contribution in [0, 0.1) is 0 Å². The number of ether oxygens (including phenoxy) is 2. The van der Waals surface area contributed by atoms with E-state index >= 15 is 0 Å². The van der Waals surface area contributed by atoms with Crippen molar-refractivity contribution >= 4 is 0 Å². The number of allylic oxidation sites excluding steroid dienone is 1. The van der Waals surface area contributed by atoms with Crippen molar-refractivity contribution in [3.05, 3.63) is 35.4 Å². The molecule has 0 aliphatic heterocycles. The Morgan fingerprint density at radius 2 is 2.00 bits per heavy atom. The maximum Gasteiger partial charge on any atom is 0.161 e. The van der Waals surface area contributed by atoms with Gasteiger partial charge in [-0.05, 0) is 69.4 Å². The van der Waals surface area contributed by atoms with Crippen molar-refractivity contribution in [2.45, 2.75) is 58.6 Å². The van der Waals surface area contributed by atoms with Crippen LogP contribution in [0.3, 0.4) is 0 Å². The zero-order chi connectivity index (χ0) is 20.2. The third-order valence-corrected chi connectivity index (χ3v) is 5.36. The average Bonchev–Trinajstić information content (AvgIpc) is 2.74. The van der Waals surface area contributed by atoms with Gasteiger partial charge in [-0.2, -0.15) is 0 Å². The number of aliphatic hydroxyl groups is 1. The van der Waals surface area contributed by atoms with E-state index in [1.807, 2.05) is 12.1 Å². The van der Waals surface area contributed by atoms with Crippen LogP contribution >= 0.6 is 0 Å². The number of benzene rings is 1. The van der Waals surface area contributed by atoms with Crippen molar-refractivity contribution in [2.24, 2.45) is 0 Å². The molecule has 158 valence electrons. The van der Waals surface area contributed by atoms with Crippen LogP contribution in [0.25, 0.3) is 0 Å². The number of nitrogens with one attached hydrogen (secondary N) is 1. The molecule has 0 saturated heterocycles. The topological polar surface area (TPSA) is 54.0 Å². The highest BCUT2D eigenvalue weighted by molar-refractivity contribution is 5.43. The molecule has 28 heavy (non-hydrogen) atoms. The molecule has 0 aromatic heterocycles. The van der Waals surface area contributed by atoms with Crippen LogP contribution in [0.2, 0.25) is 0 Å². The van der Waals surface area contributed by atoms with Gasteiger partial charge < -0.3 is 24.8 Å². The van der Waals surface area contributed by atoms with Crippen molar-refractivity contribution in [3.63, 3.8) is 0 Å². The smallest absolute Gasteiger partial charge is 0.161 e. The minimum atomic E-state index is -0.514. The minimum absolute atomic E-state index is 0.263. The monoisotopic (exact) mass is 390 g/mol. The third-order valence-electron chi connectivity index (χ3n) is 5.36. The van der Waals surface area contributed by atoms with Gasteiger partial charge in [0.2, 0.25) is 0 Å². The standard InChI is InChI=1S/C23H38N2O3/c1-4-25(5-2)17-21(26)18-28-22-12-11-20(15-23(22)27-3)16-24-14-13-19-9-7-6-8-10-19/h9,11-12,15,21,24,26H,4-8,10,13-14,16-18H2,1-3H3. The molecule has 0 radical (unpaired) electrons. The van der Waals surface area contributed by atoms with Gasteiger partial charge in [-0.3, -0.25) is 0 Å². The van der Waals surface area contributed by atoms with Crippen LogP contribution in [0.4, 0.5) is 0 Å². The van der Waals surface area contributed by atoms with E-state index in [1.54, 1.807) is 12.7 Å². The zero-order valence-corrected chi connectivity index (χ0v) is 17.9. The first kappa shape index (κ1) is 22.7. The number of methoxy groups -OCH3 is 1. The molecule has 0 amide bonds. The Morgan fingerprint density at radius 3 is 2.68 bits per heavy atom. The summed E-state index contributed by atoms with van der Waals surface area (Å²) in [6.07, 6.45) is 8.24. The molecular weight excluding hydrogens is 352 g/mol. The first-order chi connectivity index (χ1) is 13.7. The summed E-state index contributed by atoms with van der Waals surface area (Å²) in [6.45, 7) is 8.75. The van der Waals surface area contributed by atoms with Crippen LogP contribution in [0.15, 0.2) is 29.8 Å². The fourth-order valence-corrected chi connectivity index (χ4v) is 3.57. The van der Waals surface area contributed by atoms with Crippen molar-refractivity contribution in [2.75, 3.05) is 39.9 Å². The lowest BCUT2D eigenvalue weighted by Crippen LogP contribution is -2.35. The van der Waals surface area contributed by atoms with Gasteiger partial charge in [-0.1, -0.05) is 31.6 Å². The highest BCUT2D eigenvalue weighted by atomic mass is 16.5. The molecule has 1 aliphatic rings. The van der Waals surface area contributed by atoms with Gasteiger partial charge in [0.15, 0.2) is 11.5 Å². The first-order valence-electron chi connectivity index (χ1n) is 10.7. The summed E-state index contributed by atoms with van der Waals surface area (Å²) < 4.78 is 11.3. The Bertz CT molecular complexity index is 600. The van der Waals surface area contributed by atoms with Gasteiger partial charge >= 0.3 is 0 Å². The molecule has 0 saturated carbocycles. The lowest BCUT2D eigenvalue weighted by Gasteiger charge is -2.22. The van der Waals surface area contributed by atoms with E-state index in [9.17, 15) is 5.11 Å². The number of nitrogens with zero attached hydrogens (tertiary/aromatic N) is 1. The number of hydrogen-bond donors (Lipinski definition) is 2. The van der Waals surface area contributed by atoms with E-state index in [-0.39, 0.29) is 6.61 Å². The second-order valence-corrected chi connectivity index (χ2v) is 7.47. The predicted octanol–water partition coefficient (Wildman–Crippen LogP) is 3.76. The first-order valence-corrected chi connectivity index (χ1v) is 10.7. The second kappa shape index (κ2) is 12.8. The van der Waals surface area contributed by atoms with E-state index < -0.39 is 6.10 Å². The highest BCUT2D eigenvalue weighted by Gasteiger charge is 2.12. The highest BCUT2D eigenvalue weighted by Crippen LogP contribution is 2.28. The molecule has 2 N–H and O–H groups in total. The number of rotatable bonds is 13. The molecule has 0 bridgehead atoms. The van der Waals surface area contributed by atoms with Gasteiger partial charge in [0.25, 0.3) is 0 Å². The van der Waals surface area contributed by atoms with E-state index in [4.69, 9.17) is 9.47 Å². The van der Waals surface area contributed by atoms with E-state index in [1.165, 1.54) is 31.2 Å². The van der Waals surface area contributed by atoms with Crippen LogP contribution in [0.5, 0.6) is 11.5 Å². The van der Waals surface area contributed by atoms with Crippen molar-refractivity contribution in [1.82, 2.24) is 10.2 Å². The normalized spacial score (nSPS) is 15.4. The maximum absolute atomic E-state index is 10.2. The molecule has 1 unspecified atom stereocenters. The molecular formula is C23H38N2O3. The summed E-state index contributed by atoms with van der Waals surface area (Å²) in [5.74, 6) is 1.39. The fraction of sp³-hybridized carbons (Fsp3) is 0.652. The van der Waals surface area contributed by atoms with Gasteiger partial charge in [0.05, 0.1) is 7.11 Å². The summed E-state index contributed by atoms with van der Waals surface area (Å²) in [5.41, 5.74) is 2.77. The Kier molecular flexibility index (Phi) is 10.4. The molecule has 1 aromatic rings. The molecule has 1 aromatic carbocycles. The SMILES string of the molecule is CCN(CC)CC(O)COc1ccc(CNCCC2=CCCCC2)cc1OC. The molecule has 0 fully saturated rings. The number of hydrogen-bond acceptors (Lipinski definition) is 5. The lowest BCUT2D eigenvalue weighted by molar-refractivity contribution is 0.0705. The number of likely N-dealkylation sites (N-methyl/N-ethyl adjacent to an activating group) is 1. The molecule has 0 spiro atoms. The van der Waals surface area contributed by atoms with Crippen LogP contribution in [-0.4, -0.2) is 56.0 Å². The third kappa shape index (κ3) is 7.82. The average molecular weight is 391 g/mol. The van der Waals surface area contributed by atoms with Gasteiger partial charge in [-0.15, -0.1) is 0 Å². The van der Waals surface area contributed by atoms with Crippen LogP contribution < -0.4 is 14.8 Å². The van der Waals surface area contributed by atoms with E-state index in [0.29, 0.717) is 18.0 Å². The molecule has 5 nitrogen and oxygen atoms in total. The van der Waals surface area contributed by atoms with E-state index in [2.05, 4.69) is 36.2 Å². The molecule has 1 atom stereocenters. The van der Waals surface area contributed by atoms with Crippen LogP contribution in [-0.2, 0) is 6.54 Å². The molecule has 5 heteroatoms. The largest absolute Gasteiger partial charge is 0.493 e.